The molecule has 3 aromatic carbocycles. The minimum Gasteiger partial charge on any atom is -0.490 e. The van der Waals surface area contributed by atoms with Gasteiger partial charge < -0.3 is 14.8 Å². The molecule has 0 atom stereocenters. The lowest BCUT2D eigenvalue weighted by molar-refractivity contribution is -0.122. The highest BCUT2D eigenvalue weighted by molar-refractivity contribution is 6.40. The van der Waals surface area contributed by atoms with E-state index >= 15 is 0 Å². The highest BCUT2D eigenvalue weighted by Crippen LogP contribution is 2.38. The Bertz CT molecular complexity index is 1560. The topological polar surface area (TPSA) is 114 Å². The van der Waals surface area contributed by atoms with Gasteiger partial charge in [-0.1, -0.05) is 53.0 Å². The molecule has 5 amide bonds. The van der Waals surface area contributed by atoms with Crippen LogP contribution in [0.5, 0.6) is 11.5 Å². The summed E-state index contributed by atoms with van der Waals surface area (Å²) in [6.45, 7) is 3.27. The number of amides is 5. The molecule has 0 saturated carbocycles. The third-order valence-electron chi connectivity index (χ3n) is 5.65. The van der Waals surface area contributed by atoms with E-state index in [2.05, 4.69) is 10.6 Å². The van der Waals surface area contributed by atoms with Crippen molar-refractivity contribution in [3.63, 3.8) is 0 Å². The summed E-state index contributed by atoms with van der Waals surface area (Å²) in [7, 11) is 0. The molecule has 9 nitrogen and oxygen atoms in total. The van der Waals surface area contributed by atoms with Crippen LogP contribution in [0.15, 0.2) is 60.2 Å². The zero-order valence-electron chi connectivity index (χ0n) is 21.2. The zero-order chi connectivity index (χ0) is 29.0. The lowest BCUT2D eigenvalue weighted by Crippen LogP contribution is -2.54. The molecule has 2 N–H and O–H groups in total. The average molecular weight is 603 g/mol. The van der Waals surface area contributed by atoms with Crippen LogP contribution >= 0.6 is 34.8 Å². The van der Waals surface area contributed by atoms with Gasteiger partial charge in [0.1, 0.15) is 5.57 Å². The van der Waals surface area contributed by atoms with Gasteiger partial charge in [-0.25, -0.2) is 9.69 Å². The minimum absolute atomic E-state index is 0.0608. The number of halogens is 3. The van der Waals surface area contributed by atoms with Gasteiger partial charge in [0.2, 0.25) is 0 Å². The van der Waals surface area contributed by atoms with Gasteiger partial charge >= 0.3 is 6.03 Å². The summed E-state index contributed by atoms with van der Waals surface area (Å²) in [4.78, 5) is 51.8. The number of hydrogen-bond donors (Lipinski definition) is 2. The van der Waals surface area contributed by atoms with Crippen molar-refractivity contribution < 1.29 is 28.7 Å². The fourth-order valence-electron chi connectivity index (χ4n) is 3.83. The number of hydrogen-bond acceptors (Lipinski definition) is 6. The molecule has 3 aromatic rings. The molecule has 40 heavy (non-hydrogen) atoms. The Labute approximate surface area is 244 Å². The van der Waals surface area contributed by atoms with E-state index in [0.717, 1.165) is 4.90 Å². The minimum atomic E-state index is -0.899. The number of benzene rings is 3. The van der Waals surface area contributed by atoms with E-state index in [1.54, 1.807) is 50.2 Å². The Balaban J connectivity index is 1.61. The number of barbiturate groups is 1. The average Bonchev–Trinajstić information content (AvgIpc) is 2.89. The molecule has 4 rings (SSSR count). The van der Waals surface area contributed by atoms with E-state index in [0.29, 0.717) is 26.9 Å². The Morgan fingerprint density at radius 2 is 1.75 bits per heavy atom. The second-order valence-corrected chi connectivity index (χ2v) is 9.72. The monoisotopic (exact) mass is 601 g/mol. The van der Waals surface area contributed by atoms with Crippen molar-refractivity contribution in [1.29, 1.82) is 0 Å². The summed E-state index contributed by atoms with van der Waals surface area (Å²) in [5.41, 5.74) is 1.26. The number of aryl methyl sites for hydroxylation is 1. The van der Waals surface area contributed by atoms with Gasteiger partial charge in [-0.3, -0.25) is 19.7 Å². The molecule has 1 aliphatic rings. The van der Waals surface area contributed by atoms with Crippen molar-refractivity contribution in [2.24, 2.45) is 0 Å². The number of ether oxygens (including phenoxy) is 2. The normalized spacial score (nSPS) is 14.3. The Morgan fingerprint density at radius 3 is 2.48 bits per heavy atom. The second-order valence-electron chi connectivity index (χ2n) is 8.47. The molecule has 1 saturated heterocycles. The third-order valence-corrected chi connectivity index (χ3v) is 6.50. The number of nitrogens with one attached hydrogen (secondary N) is 2. The molecule has 0 aliphatic carbocycles. The first-order valence-corrected chi connectivity index (χ1v) is 13.0. The number of imide groups is 2. The van der Waals surface area contributed by atoms with E-state index in [1.807, 2.05) is 0 Å². The van der Waals surface area contributed by atoms with Crippen molar-refractivity contribution in [1.82, 2.24) is 5.32 Å². The molecule has 1 heterocycles. The van der Waals surface area contributed by atoms with Gasteiger partial charge in [0.15, 0.2) is 18.1 Å². The fourth-order valence-corrected chi connectivity index (χ4v) is 4.45. The quantitative estimate of drug-likeness (QED) is 0.240. The molecule has 1 aliphatic heterocycles. The van der Waals surface area contributed by atoms with Gasteiger partial charge in [-0.05, 0) is 67.4 Å². The van der Waals surface area contributed by atoms with Crippen LogP contribution in [0.1, 0.15) is 18.1 Å². The van der Waals surface area contributed by atoms with Crippen LogP contribution in [0.2, 0.25) is 15.1 Å². The van der Waals surface area contributed by atoms with Gasteiger partial charge in [0.05, 0.1) is 28.0 Å². The molecular formula is C28H22Cl3N3O6. The molecule has 0 spiro atoms. The van der Waals surface area contributed by atoms with E-state index in [1.165, 1.54) is 24.3 Å². The summed E-state index contributed by atoms with van der Waals surface area (Å²) in [5, 5.41) is 5.56. The summed E-state index contributed by atoms with van der Waals surface area (Å²) in [5.74, 6) is -1.94. The molecule has 1 fully saturated rings. The first-order valence-electron chi connectivity index (χ1n) is 11.9. The van der Waals surface area contributed by atoms with E-state index in [9.17, 15) is 19.2 Å². The maximum Gasteiger partial charge on any atom is 0.335 e. The predicted molar refractivity (Wildman–Crippen MR) is 153 cm³/mol. The van der Waals surface area contributed by atoms with E-state index in [4.69, 9.17) is 44.3 Å². The van der Waals surface area contributed by atoms with Crippen LogP contribution in [-0.2, 0) is 14.4 Å². The van der Waals surface area contributed by atoms with Gasteiger partial charge in [0, 0.05) is 5.02 Å². The highest BCUT2D eigenvalue weighted by Gasteiger charge is 2.37. The second kappa shape index (κ2) is 12.4. The maximum absolute atomic E-state index is 13.3. The number of nitrogens with zero attached hydrogens (tertiary/aromatic N) is 1. The summed E-state index contributed by atoms with van der Waals surface area (Å²) >= 11 is 18.6. The van der Waals surface area contributed by atoms with E-state index < -0.39 is 30.4 Å². The highest BCUT2D eigenvalue weighted by atomic mass is 35.5. The first kappa shape index (κ1) is 28.9. The van der Waals surface area contributed by atoms with Crippen molar-refractivity contribution >= 4 is 76.0 Å². The number of urea groups is 1. The number of rotatable bonds is 8. The van der Waals surface area contributed by atoms with Crippen LogP contribution < -0.4 is 25.0 Å². The fraction of sp³-hybridized carbons (Fsp3) is 0.143. The van der Waals surface area contributed by atoms with Crippen LogP contribution in [-0.4, -0.2) is 37.0 Å². The Hall–Kier alpha value is -4.05. The Morgan fingerprint density at radius 1 is 1.00 bits per heavy atom. The van der Waals surface area contributed by atoms with Crippen LogP contribution in [0, 0.1) is 6.92 Å². The first-order chi connectivity index (χ1) is 19.1. The smallest absolute Gasteiger partial charge is 0.335 e. The van der Waals surface area contributed by atoms with Crippen molar-refractivity contribution in [2.75, 3.05) is 23.4 Å². The number of carbonyl (C=O) groups excluding carboxylic acids is 4. The van der Waals surface area contributed by atoms with Gasteiger partial charge in [0.25, 0.3) is 17.7 Å². The number of para-hydroxylation sites is 1. The van der Waals surface area contributed by atoms with Crippen molar-refractivity contribution in [3.05, 3.63) is 86.4 Å². The molecule has 206 valence electrons. The molecule has 12 heteroatoms. The lowest BCUT2D eigenvalue weighted by atomic mass is 10.1. The molecular weight excluding hydrogens is 581 g/mol. The third kappa shape index (κ3) is 6.39. The molecule has 0 unspecified atom stereocenters. The predicted octanol–water partition coefficient (Wildman–Crippen LogP) is 6.04. The van der Waals surface area contributed by atoms with Crippen LogP contribution in [0.4, 0.5) is 16.2 Å². The molecule has 0 aromatic heterocycles. The van der Waals surface area contributed by atoms with Crippen LogP contribution in [0.25, 0.3) is 6.08 Å². The maximum atomic E-state index is 13.3. The number of anilines is 2. The Kier molecular flexibility index (Phi) is 8.99. The molecule has 0 bridgehead atoms. The summed E-state index contributed by atoms with van der Waals surface area (Å²) in [6.07, 6.45) is 1.28. The largest absolute Gasteiger partial charge is 0.490 e. The summed E-state index contributed by atoms with van der Waals surface area (Å²) in [6, 6.07) is 13.5. The van der Waals surface area contributed by atoms with Gasteiger partial charge in [-0.15, -0.1) is 0 Å². The molecule has 0 radical (unpaired) electrons. The lowest BCUT2D eigenvalue weighted by Gasteiger charge is -2.27. The van der Waals surface area contributed by atoms with Crippen LogP contribution in [0.3, 0.4) is 0 Å². The van der Waals surface area contributed by atoms with Crippen molar-refractivity contribution in [2.45, 2.75) is 13.8 Å². The SMILES string of the molecule is CCOc1cc(/C=C2\C(=O)NC(=O)N(c3cc(Cl)ccc3C)C2=O)cc(Cl)c1OCC(=O)Nc1ccccc1Cl. The van der Waals surface area contributed by atoms with Crippen molar-refractivity contribution in [3.8, 4) is 11.5 Å². The van der Waals surface area contributed by atoms with E-state index in [-0.39, 0.29) is 34.4 Å². The number of carbonyl (C=O) groups is 4. The standard InChI is InChI=1S/C28H22Cl3N3O6/c1-3-39-23-12-16(11-20(31)25(23)40-14-24(35)32-21-7-5-4-6-19(21)30)10-18-26(36)33-28(38)34(27(18)37)22-13-17(29)9-8-15(22)2/h4-13H,3,14H2,1-2H3,(H,32,35)(H,33,36,38)/b18-10+. The summed E-state index contributed by atoms with van der Waals surface area (Å²) < 4.78 is 11.3. The van der Waals surface area contributed by atoms with Gasteiger partial charge in [-0.2, -0.15) is 0 Å². The zero-order valence-corrected chi connectivity index (χ0v) is 23.5.